The molecule has 1 aromatic heterocycles. The Labute approximate surface area is 111 Å². The van der Waals surface area contributed by atoms with Crippen molar-refractivity contribution in [3.63, 3.8) is 0 Å². The van der Waals surface area contributed by atoms with Gasteiger partial charge in [0.2, 0.25) is 0 Å². The van der Waals surface area contributed by atoms with Gasteiger partial charge >= 0.3 is 0 Å². The molecule has 1 unspecified atom stereocenters. The summed E-state index contributed by atoms with van der Waals surface area (Å²) in [5, 5.41) is 0.794. The van der Waals surface area contributed by atoms with E-state index in [1.54, 1.807) is 6.20 Å². The highest BCUT2D eigenvalue weighted by molar-refractivity contribution is 9.09. The molecular weight excluding hydrogens is 286 g/mol. The molecule has 1 aromatic rings. The Hall–Kier alpha value is -0.0800. The van der Waals surface area contributed by atoms with E-state index >= 15 is 0 Å². The van der Waals surface area contributed by atoms with E-state index in [2.05, 4.69) is 20.9 Å². The van der Waals surface area contributed by atoms with Crippen LogP contribution in [0.2, 0.25) is 5.02 Å². The molecule has 0 aromatic carbocycles. The highest BCUT2D eigenvalue weighted by Gasteiger charge is 2.22. The highest BCUT2D eigenvalue weighted by Crippen LogP contribution is 2.32. The van der Waals surface area contributed by atoms with E-state index in [4.69, 9.17) is 11.6 Å². The second-order valence-electron chi connectivity index (χ2n) is 4.59. The van der Waals surface area contributed by atoms with Crippen molar-refractivity contribution in [2.24, 2.45) is 5.92 Å². The third-order valence-corrected chi connectivity index (χ3v) is 4.84. The zero-order valence-corrected chi connectivity index (χ0v) is 11.7. The molecule has 2 rings (SSSR count). The molecule has 1 saturated carbocycles. The van der Waals surface area contributed by atoms with E-state index in [0.29, 0.717) is 4.83 Å². The van der Waals surface area contributed by atoms with Crippen molar-refractivity contribution < 1.29 is 0 Å². The van der Waals surface area contributed by atoms with Crippen molar-refractivity contribution in [1.29, 1.82) is 0 Å². The molecule has 0 aliphatic heterocycles. The Kier molecular flexibility index (Phi) is 4.66. The molecule has 16 heavy (non-hydrogen) atoms. The van der Waals surface area contributed by atoms with E-state index < -0.39 is 0 Å². The molecule has 1 fully saturated rings. The summed E-state index contributed by atoms with van der Waals surface area (Å²) in [6.45, 7) is 0. The number of nitrogens with zero attached hydrogens (tertiary/aromatic N) is 1. The molecule has 0 amide bonds. The van der Waals surface area contributed by atoms with Gasteiger partial charge in [-0.05, 0) is 36.8 Å². The van der Waals surface area contributed by atoms with E-state index in [-0.39, 0.29) is 0 Å². The quantitative estimate of drug-likeness (QED) is 0.742. The minimum Gasteiger partial charge on any atom is -0.263 e. The minimum absolute atomic E-state index is 0.563. The Morgan fingerprint density at radius 1 is 1.38 bits per heavy atom. The van der Waals surface area contributed by atoms with Crippen LogP contribution in [-0.2, 0) is 6.42 Å². The fourth-order valence-electron chi connectivity index (χ4n) is 2.44. The Bertz CT molecular complexity index is 336. The third-order valence-electron chi connectivity index (χ3n) is 3.43. The molecule has 1 aliphatic carbocycles. The van der Waals surface area contributed by atoms with Crippen molar-refractivity contribution in [3.8, 4) is 0 Å². The van der Waals surface area contributed by atoms with Crippen LogP contribution in [0.1, 0.15) is 37.7 Å². The normalized spacial score (nSPS) is 19.6. The van der Waals surface area contributed by atoms with Crippen molar-refractivity contribution in [3.05, 3.63) is 29.0 Å². The van der Waals surface area contributed by atoms with Crippen molar-refractivity contribution >= 4 is 27.5 Å². The van der Waals surface area contributed by atoms with Crippen LogP contribution >= 0.6 is 27.5 Å². The van der Waals surface area contributed by atoms with Gasteiger partial charge in [-0.25, -0.2) is 0 Å². The van der Waals surface area contributed by atoms with Crippen LogP contribution in [0, 0.1) is 5.92 Å². The van der Waals surface area contributed by atoms with E-state index in [1.165, 1.54) is 37.7 Å². The molecular formula is C13H17BrClN. The maximum Gasteiger partial charge on any atom is 0.0621 e. The molecule has 1 aliphatic rings. The number of halogens is 2. The summed E-state index contributed by atoms with van der Waals surface area (Å²) < 4.78 is 0. The number of pyridine rings is 1. The molecule has 0 spiro atoms. The standard InChI is InChI=1S/C13H17BrClN/c14-12(10-4-2-1-3-5-10)8-11-6-7-16-9-13(11)15/h6-7,9-10,12H,1-5,8H2. The predicted molar refractivity (Wildman–Crippen MR) is 72.2 cm³/mol. The zero-order valence-electron chi connectivity index (χ0n) is 9.33. The average molecular weight is 303 g/mol. The van der Waals surface area contributed by atoms with Crippen LogP contribution in [0.4, 0.5) is 0 Å². The van der Waals surface area contributed by atoms with Gasteiger partial charge in [0, 0.05) is 17.2 Å². The minimum atomic E-state index is 0.563. The largest absolute Gasteiger partial charge is 0.263 e. The summed E-state index contributed by atoms with van der Waals surface area (Å²) in [5.41, 5.74) is 1.21. The lowest BCUT2D eigenvalue weighted by molar-refractivity contribution is 0.350. The van der Waals surface area contributed by atoms with E-state index in [1.807, 2.05) is 12.3 Å². The number of hydrogen-bond acceptors (Lipinski definition) is 1. The topological polar surface area (TPSA) is 12.9 Å². The fraction of sp³-hybridized carbons (Fsp3) is 0.615. The van der Waals surface area contributed by atoms with E-state index in [0.717, 1.165) is 17.4 Å². The first kappa shape index (κ1) is 12.4. The molecule has 0 bridgehead atoms. The monoisotopic (exact) mass is 301 g/mol. The molecule has 1 atom stereocenters. The summed E-state index contributed by atoms with van der Waals surface area (Å²) in [5.74, 6) is 0.818. The summed E-state index contributed by atoms with van der Waals surface area (Å²) in [4.78, 5) is 4.58. The SMILES string of the molecule is Clc1cnccc1CC(Br)C1CCCCC1. The number of hydrogen-bond donors (Lipinski definition) is 0. The summed E-state index contributed by atoms with van der Waals surface area (Å²) in [6.07, 6.45) is 11.5. The van der Waals surface area contributed by atoms with Gasteiger partial charge in [-0.1, -0.05) is 46.8 Å². The van der Waals surface area contributed by atoms with Gasteiger partial charge in [0.05, 0.1) is 5.02 Å². The second kappa shape index (κ2) is 6.02. The number of rotatable bonds is 3. The lowest BCUT2D eigenvalue weighted by atomic mass is 9.85. The van der Waals surface area contributed by atoms with Crippen molar-refractivity contribution in [2.45, 2.75) is 43.4 Å². The van der Waals surface area contributed by atoms with Crippen molar-refractivity contribution in [2.75, 3.05) is 0 Å². The van der Waals surface area contributed by atoms with Gasteiger partial charge < -0.3 is 0 Å². The van der Waals surface area contributed by atoms with Crippen LogP contribution in [0.5, 0.6) is 0 Å². The molecule has 0 radical (unpaired) electrons. The molecule has 0 saturated heterocycles. The van der Waals surface area contributed by atoms with Crippen LogP contribution < -0.4 is 0 Å². The van der Waals surface area contributed by atoms with E-state index in [9.17, 15) is 0 Å². The molecule has 0 N–H and O–H groups in total. The summed E-state index contributed by atoms with van der Waals surface area (Å²) >= 11 is 9.96. The second-order valence-corrected chi connectivity index (χ2v) is 6.17. The Morgan fingerprint density at radius 3 is 2.81 bits per heavy atom. The predicted octanol–water partition coefficient (Wildman–Crippen LogP) is 4.62. The summed E-state index contributed by atoms with van der Waals surface area (Å²) in [6, 6.07) is 2.03. The Balaban J connectivity index is 1.96. The van der Waals surface area contributed by atoms with Gasteiger partial charge in [-0.15, -0.1) is 0 Å². The average Bonchev–Trinajstić information content (AvgIpc) is 2.33. The van der Waals surface area contributed by atoms with Crippen LogP contribution in [0.15, 0.2) is 18.5 Å². The third kappa shape index (κ3) is 3.21. The van der Waals surface area contributed by atoms with Gasteiger partial charge in [-0.3, -0.25) is 4.98 Å². The zero-order chi connectivity index (χ0) is 11.4. The lowest BCUT2D eigenvalue weighted by Crippen LogP contribution is -2.19. The Morgan fingerprint density at radius 2 is 2.12 bits per heavy atom. The van der Waals surface area contributed by atoms with Crippen LogP contribution in [0.25, 0.3) is 0 Å². The molecule has 1 heterocycles. The van der Waals surface area contributed by atoms with Gasteiger partial charge in [-0.2, -0.15) is 0 Å². The first-order valence-electron chi connectivity index (χ1n) is 6.00. The number of aromatic nitrogens is 1. The maximum atomic E-state index is 6.12. The summed E-state index contributed by atoms with van der Waals surface area (Å²) in [7, 11) is 0. The molecule has 3 heteroatoms. The van der Waals surface area contributed by atoms with Gasteiger partial charge in [0.25, 0.3) is 0 Å². The van der Waals surface area contributed by atoms with Crippen molar-refractivity contribution in [1.82, 2.24) is 4.98 Å². The van der Waals surface area contributed by atoms with Gasteiger partial charge in [0.15, 0.2) is 0 Å². The molecule has 88 valence electrons. The van der Waals surface area contributed by atoms with Crippen LogP contribution in [0.3, 0.4) is 0 Å². The first-order chi connectivity index (χ1) is 7.77. The maximum absolute atomic E-state index is 6.12. The van der Waals surface area contributed by atoms with Crippen LogP contribution in [-0.4, -0.2) is 9.81 Å². The smallest absolute Gasteiger partial charge is 0.0621 e. The lowest BCUT2D eigenvalue weighted by Gasteiger charge is -2.26. The first-order valence-corrected chi connectivity index (χ1v) is 7.29. The highest BCUT2D eigenvalue weighted by atomic mass is 79.9. The fourth-order valence-corrected chi connectivity index (χ4v) is 3.52. The molecule has 1 nitrogen and oxygen atoms in total. The van der Waals surface area contributed by atoms with Gasteiger partial charge in [0.1, 0.15) is 0 Å². The number of alkyl halides is 1.